The zero-order valence-corrected chi connectivity index (χ0v) is 23.4. The van der Waals surface area contributed by atoms with E-state index in [4.69, 9.17) is 9.90 Å². The second-order valence-electron chi connectivity index (χ2n) is 9.55. The van der Waals surface area contributed by atoms with E-state index in [-0.39, 0.29) is 0 Å². The Labute approximate surface area is 229 Å². The van der Waals surface area contributed by atoms with E-state index in [1.165, 1.54) is 66.5 Å². The quantitative estimate of drug-likeness (QED) is 0.324. The van der Waals surface area contributed by atoms with E-state index >= 15 is 0 Å². The minimum atomic E-state index is -0.833. The predicted octanol–water partition coefficient (Wildman–Crippen LogP) is 8.58. The lowest BCUT2D eigenvalue weighted by Gasteiger charge is -2.14. The summed E-state index contributed by atoms with van der Waals surface area (Å²) in [5, 5.41) is 7.42. The van der Waals surface area contributed by atoms with Crippen LogP contribution in [-0.4, -0.2) is 28.9 Å². The van der Waals surface area contributed by atoms with E-state index in [0.717, 1.165) is 45.1 Å². The lowest BCUT2D eigenvalue weighted by Crippen LogP contribution is -2.16. The van der Waals surface area contributed by atoms with Crippen LogP contribution in [0, 0.1) is 5.92 Å². The molecule has 4 nitrogen and oxygen atoms in total. The van der Waals surface area contributed by atoms with Gasteiger partial charge in [-0.25, -0.2) is 0 Å². The lowest BCUT2D eigenvalue weighted by molar-refractivity contribution is -0.134. The SMILES string of the molecule is CC.CC(=O)O.O=CN1CCC2=C1CC=CC(C1=CC=C(C3CCCCCC3)C=CC1)=C2.c1ccccc1. The van der Waals surface area contributed by atoms with Crippen LogP contribution in [0.1, 0.15) is 78.6 Å². The molecule has 0 bridgehead atoms. The van der Waals surface area contributed by atoms with Crippen LogP contribution in [-0.2, 0) is 9.59 Å². The van der Waals surface area contributed by atoms with E-state index in [1.807, 2.05) is 55.1 Å². The number of carbonyl (C=O) groups excluding carboxylic acids is 1. The van der Waals surface area contributed by atoms with Crippen molar-refractivity contribution < 1.29 is 14.7 Å². The average molecular weight is 516 g/mol. The number of carbonyl (C=O) groups is 2. The average Bonchev–Trinajstić information content (AvgIpc) is 3.22. The zero-order chi connectivity index (χ0) is 27.6. The van der Waals surface area contributed by atoms with Crippen molar-refractivity contribution in [3.63, 3.8) is 0 Å². The molecule has 1 aliphatic heterocycles. The Morgan fingerprint density at radius 3 is 2.05 bits per heavy atom. The lowest BCUT2D eigenvalue weighted by atomic mass is 9.91. The van der Waals surface area contributed by atoms with Crippen LogP contribution in [0.5, 0.6) is 0 Å². The molecule has 1 N–H and O–H groups in total. The molecule has 0 spiro atoms. The van der Waals surface area contributed by atoms with E-state index < -0.39 is 5.97 Å². The van der Waals surface area contributed by atoms with Crippen LogP contribution in [0.15, 0.2) is 107 Å². The van der Waals surface area contributed by atoms with Gasteiger partial charge in [0.2, 0.25) is 6.41 Å². The van der Waals surface area contributed by atoms with Crippen LogP contribution in [0.25, 0.3) is 0 Å². The van der Waals surface area contributed by atoms with Gasteiger partial charge < -0.3 is 10.0 Å². The standard InChI is InChI=1S/C24H29NO.C6H6.C2H4O2.C2H6/c26-18-25-16-15-23-17-22(11-6-12-24(23)25)21-10-5-9-20(13-14-21)19-7-3-1-2-4-8-19;1-2-4-6-5-3-1;1-2(3)4;1-2/h5-6,9,11,13-14,17-19H,1-4,7-8,10,12,15-16H2;1-6H;1H3,(H,3,4);1-2H3. The first kappa shape index (κ1) is 30.8. The van der Waals surface area contributed by atoms with Crippen molar-refractivity contribution in [2.24, 2.45) is 5.92 Å². The van der Waals surface area contributed by atoms with Gasteiger partial charge >= 0.3 is 0 Å². The molecule has 1 aromatic carbocycles. The summed E-state index contributed by atoms with van der Waals surface area (Å²) in [5.74, 6) is -0.0895. The molecule has 3 aliphatic carbocycles. The first-order chi connectivity index (χ1) is 18.6. The van der Waals surface area contributed by atoms with Gasteiger partial charge in [0.25, 0.3) is 5.97 Å². The van der Waals surface area contributed by atoms with E-state index in [1.54, 1.807) is 0 Å². The topological polar surface area (TPSA) is 57.6 Å². The fourth-order valence-corrected chi connectivity index (χ4v) is 5.08. The Bertz CT molecular complexity index is 1020. The van der Waals surface area contributed by atoms with E-state index in [9.17, 15) is 4.79 Å². The molecular formula is C34H45NO3. The molecule has 4 heteroatoms. The summed E-state index contributed by atoms with van der Waals surface area (Å²) in [7, 11) is 0. The van der Waals surface area contributed by atoms with Gasteiger partial charge in [0.1, 0.15) is 0 Å². The van der Waals surface area contributed by atoms with Gasteiger partial charge in [-0.1, -0.05) is 112 Å². The molecule has 1 aromatic rings. The third-order valence-corrected chi connectivity index (χ3v) is 6.89. The van der Waals surface area contributed by atoms with Crippen LogP contribution >= 0.6 is 0 Å². The maximum atomic E-state index is 11.2. The van der Waals surface area contributed by atoms with Crippen LogP contribution in [0.4, 0.5) is 0 Å². The zero-order valence-electron chi connectivity index (χ0n) is 23.4. The minimum Gasteiger partial charge on any atom is -0.481 e. The van der Waals surface area contributed by atoms with Gasteiger partial charge in [-0.2, -0.15) is 0 Å². The molecular weight excluding hydrogens is 470 g/mol. The highest BCUT2D eigenvalue weighted by Gasteiger charge is 2.22. The van der Waals surface area contributed by atoms with Gasteiger partial charge in [-0.3, -0.25) is 9.59 Å². The molecule has 204 valence electrons. The Hall–Kier alpha value is -3.40. The van der Waals surface area contributed by atoms with Crippen molar-refractivity contribution in [2.75, 3.05) is 6.54 Å². The summed E-state index contributed by atoms with van der Waals surface area (Å²) < 4.78 is 0. The highest BCUT2D eigenvalue weighted by Crippen LogP contribution is 2.34. The molecule has 38 heavy (non-hydrogen) atoms. The number of hydrogen-bond donors (Lipinski definition) is 1. The Morgan fingerprint density at radius 2 is 1.47 bits per heavy atom. The summed E-state index contributed by atoms with van der Waals surface area (Å²) in [6.07, 6.45) is 28.3. The largest absolute Gasteiger partial charge is 0.481 e. The number of nitrogens with zero attached hydrogens (tertiary/aromatic N) is 1. The summed E-state index contributed by atoms with van der Waals surface area (Å²) in [5.41, 5.74) is 6.74. The van der Waals surface area contributed by atoms with Gasteiger partial charge in [0.05, 0.1) is 0 Å². The number of allylic oxidation sites excluding steroid dienone is 10. The molecule has 5 rings (SSSR count). The summed E-state index contributed by atoms with van der Waals surface area (Å²) in [6.45, 7) is 5.91. The van der Waals surface area contributed by atoms with Crippen LogP contribution in [0.2, 0.25) is 0 Å². The molecule has 1 fully saturated rings. The third kappa shape index (κ3) is 10.5. The number of benzene rings is 1. The predicted molar refractivity (Wildman–Crippen MR) is 158 cm³/mol. The molecule has 0 unspecified atom stereocenters. The maximum Gasteiger partial charge on any atom is 0.300 e. The number of amides is 1. The molecule has 0 saturated heterocycles. The molecule has 1 saturated carbocycles. The second-order valence-corrected chi connectivity index (χ2v) is 9.55. The number of aliphatic carboxylic acids is 1. The smallest absolute Gasteiger partial charge is 0.300 e. The Kier molecular flexibility index (Phi) is 14.6. The summed E-state index contributed by atoms with van der Waals surface area (Å²) >= 11 is 0. The molecule has 0 aromatic heterocycles. The van der Waals surface area contributed by atoms with Crippen molar-refractivity contribution in [1.29, 1.82) is 0 Å². The second kappa shape index (κ2) is 18.0. The monoisotopic (exact) mass is 515 g/mol. The first-order valence-corrected chi connectivity index (χ1v) is 14.2. The summed E-state index contributed by atoms with van der Waals surface area (Å²) in [4.78, 5) is 22.1. The van der Waals surface area contributed by atoms with E-state index in [0.29, 0.717) is 0 Å². The van der Waals surface area contributed by atoms with Gasteiger partial charge in [-0.15, -0.1) is 0 Å². The van der Waals surface area contributed by atoms with Gasteiger partial charge in [0.15, 0.2) is 0 Å². The Balaban J connectivity index is 0.000000354. The van der Waals surface area contributed by atoms with Crippen molar-refractivity contribution in [2.45, 2.75) is 78.6 Å². The van der Waals surface area contributed by atoms with Crippen LogP contribution in [0.3, 0.4) is 0 Å². The Morgan fingerprint density at radius 1 is 0.895 bits per heavy atom. The normalized spacial score (nSPS) is 18.7. The molecule has 1 heterocycles. The maximum absolute atomic E-state index is 11.2. The van der Waals surface area contributed by atoms with Gasteiger partial charge in [-0.05, 0) is 60.0 Å². The number of rotatable bonds is 3. The molecule has 0 radical (unpaired) electrons. The van der Waals surface area contributed by atoms with Gasteiger partial charge in [0, 0.05) is 25.6 Å². The molecule has 1 amide bonds. The van der Waals surface area contributed by atoms with Crippen molar-refractivity contribution >= 4 is 12.4 Å². The minimum absolute atomic E-state index is 0.744. The third-order valence-electron chi connectivity index (χ3n) is 6.89. The number of hydrogen-bond acceptors (Lipinski definition) is 2. The molecule has 4 aliphatic rings. The summed E-state index contributed by atoms with van der Waals surface area (Å²) in [6, 6.07) is 12.0. The fourth-order valence-electron chi connectivity index (χ4n) is 5.08. The fraction of sp³-hybridized carbons (Fsp3) is 0.412. The number of carboxylic acids is 1. The molecule has 0 atom stereocenters. The number of carboxylic acid groups (broad SMARTS) is 1. The first-order valence-electron chi connectivity index (χ1n) is 14.2. The van der Waals surface area contributed by atoms with Crippen molar-refractivity contribution in [3.05, 3.63) is 107 Å². The van der Waals surface area contributed by atoms with Crippen LogP contribution < -0.4 is 0 Å². The van der Waals surface area contributed by atoms with Crippen molar-refractivity contribution in [1.82, 2.24) is 4.90 Å². The highest BCUT2D eigenvalue weighted by molar-refractivity contribution is 5.63. The van der Waals surface area contributed by atoms with E-state index in [2.05, 4.69) is 42.5 Å². The van der Waals surface area contributed by atoms with Crippen molar-refractivity contribution in [3.8, 4) is 0 Å². The highest BCUT2D eigenvalue weighted by atomic mass is 16.4.